The lowest BCUT2D eigenvalue weighted by Gasteiger charge is -2.14. The van der Waals surface area contributed by atoms with Crippen LogP contribution in [0.1, 0.15) is 90.7 Å². The molecule has 15 rings (SSSR count). The molecule has 498 valence electrons. The molecular formula is C66H75N21O9. The van der Waals surface area contributed by atoms with Crippen molar-refractivity contribution < 1.29 is 43.9 Å². The van der Waals surface area contributed by atoms with Gasteiger partial charge in [0.15, 0.2) is 16.9 Å². The van der Waals surface area contributed by atoms with Gasteiger partial charge in [0.05, 0.1) is 112 Å². The Morgan fingerprint density at radius 3 is 0.958 bits per heavy atom. The number of pyridine rings is 3. The van der Waals surface area contributed by atoms with Gasteiger partial charge in [-0.2, -0.15) is 28.8 Å². The summed E-state index contributed by atoms with van der Waals surface area (Å²) >= 11 is 0. The van der Waals surface area contributed by atoms with Gasteiger partial charge in [-0.05, 0) is 77.9 Å². The van der Waals surface area contributed by atoms with E-state index in [9.17, 15) is 29.7 Å². The molecule has 15 heterocycles. The summed E-state index contributed by atoms with van der Waals surface area (Å²) in [6, 6.07) is 16.8. The number of carbonyl (C=O) groups is 3. The predicted molar refractivity (Wildman–Crippen MR) is 359 cm³/mol. The van der Waals surface area contributed by atoms with Gasteiger partial charge >= 0.3 is 0 Å². The summed E-state index contributed by atoms with van der Waals surface area (Å²) in [5.41, 5.74) is 9.79. The Bertz CT molecular complexity index is 4410. The molecule has 0 bridgehead atoms. The highest BCUT2D eigenvalue weighted by molar-refractivity contribution is 6.03. The Labute approximate surface area is 549 Å². The number of carbonyl (C=O) groups excluding carboxylic acids is 3. The van der Waals surface area contributed by atoms with Crippen LogP contribution in [0, 0.1) is 0 Å². The number of aromatic nitrogens is 15. The van der Waals surface area contributed by atoms with Crippen LogP contribution in [0.15, 0.2) is 110 Å². The van der Waals surface area contributed by atoms with Crippen LogP contribution in [0.2, 0.25) is 0 Å². The molecule has 9 N–H and O–H groups in total. The molecule has 0 aliphatic carbocycles. The maximum absolute atomic E-state index is 13.0. The number of hydrogen-bond acceptors (Lipinski definition) is 21. The standard InChI is InChI=1S/3C22H25N7O3/c3*1-12(2)28-9-15(13-5-4-6-24-20(13)28)16-7-19(23-3)29-21(26-16)14(8-25-29)22(31)27-17-10-32-11-18(17)30/h3*4-9,12,17-18,23,30H,10-11H2,1-3H3,(H,27,31)/t17?,18-;2*17-,18+/m110/s1. The third-order valence-electron chi connectivity index (χ3n) is 17.3. The van der Waals surface area contributed by atoms with E-state index in [0.717, 1.165) is 49.8 Å². The van der Waals surface area contributed by atoms with Gasteiger partial charge in [0.2, 0.25) is 0 Å². The van der Waals surface area contributed by atoms with Crippen molar-refractivity contribution in [3.8, 4) is 33.8 Å². The number of aliphatic hydroxyl groups is 3. The van der Waals surface area contributed by atoms with Crippen molar-refractivity contribution in [2.45, 2.75) is 96.1 Å². The van der Waals surface area contributed by atoms with E-state index in [2.05, 4.69) is 117 Å². The van der Waals surface area contributed by atoms with Gasteiger partial charge in [0.25, 0.3) is 17.7 Å². The molecule has 12 aromatic heterocycles. The van der Waals surface area contributed by atoms with Gasteiger partial charge in [-0.1, -0.05) is 0 Å². The molecule has 3 aliphatic heterocycles. The highest BCUT2D eigenvalue weighted by atomic mass is 16.5. The molecule has 3 fully saturated rings. The molecule has 30 heteroatoms. The van der Waals surface area contributed by atoms with Gasteiger partial charge in [-0.15, -0.1) is 0 Å². The molecule has 3 aliphatic rings. The van der Waals surface area contributed by atoms with Crippen LogP contribution in [0.25, 0.3) is 83.8 Å². The molecule has 30 nitrogen and oxygen atoms in total. The number of anilines is 3. The van der Waals surface area contributed by atoms with Crippen molar-refractivity contribution in [2.75, 3.05) is 76.7 Å². The second-order valence-corrected chi connectivity index (χ2v) is 24.5. The van der Waals surface area contributed by atoms with Crippen LogP contribution in [0.3, 0.4) is 0 Å². The molecule has 12 aromatic rings. The lowest BCUT2D eigenvalue weighted by atomic mass is 10.1. The molecule has 3 saturated heterocycles. The first-order valence-electron chi connectivity index (χ1n) is 31.7. The average Bonchev–Trinajstić information content (AvgIpc) is 1.61. The zero-order valence-electron chi connectivity index (χ0n) is 54.3. The van der Waals surface area contributed by atoms with Crippen LogP contribution in [0.5, 0.6) is 0 Å². The van der Waals surface area contributed by atoms with Crippen molar-refractivity contribution in [2.24, 2.45) is 0 Å². The summed E-state index contributed by atoms with van der Waals surface area (Å²) in [6.07, 6.45) is 13.7. The largest absolute Gasteiger partial charge is 0.388 e. The summed E-state index contributed by atoms with van der Waals surface area (Å²) in [5.74, 6) is 1.03. The van der Waals surface area contributed by atoms with E-state index >= 15 is 0 Å². The van der Waals surface area contributed by atoms with Gasteiger partial charge in [0, 0.05) is 127 Å². The SMILES string of the molecule is CNc1cc(-c2cn(C(C)C)c3ncccc23)nc2c(C(=O)NC3COC[C@H]3O)cnn12.CNc1cc(-c2cn(C(C)C)c3ncccc23)nc2c(C(=O)N[C@@H]3COC[C@@H]3O)cnn12.CNc1cc(-c2cn(C(C)C)c3ncccc23)nc2c(C(=O)N[C@H]3COC[C@H]3O)cnn12. The van der Waals surface area contributed by atoms with Crippen LogP contribution in [-0.2, 0) is 14.2 Å². The fraction of sp³-hybridized carbons (Fsp3) is 0.364. The first-order chi connectivity index (χ1) is 46.4. The summed E-state index contributed by atoms with van der Waals surface area (Å²) in [7, 11) is 5.39. The number of aliphatic hydroxyl groups excluding tert-OH is 3. The number of nitrogens with one attached hydrogen (secondary N) is 6. The molecule has 3 amide bonds. The number of hydrogen-bond donors (Lipinski definition) is 9. The minimum atomic E-state index is -0.730. The molecule has 1 unspecified atom stereocenters. The molecule has 96 heavy (non-hydrogen) atoms. The lowest BCUT2D eigenvalue weighted by Crippen LogP contribution is -2.42. The topological polar surface area (TPSA) is 356 Å². The van der Waals surface area contributed by atoms with Gasteiger partial charge < -0.3 is 75.1 Å². The van der Waals surface area contributed by atoms with Crippen LogP contribution in [0.4, 0.5) is 17.5 Å². The van der Waals surface area contributed by atoms with Crippen LogP contribution < -0.4 is 31.9 Å². The molecule has 0 spiro atoms. The van der Waals surface area contributed by atoms with E-state index < -0.39 is 36.4 Å². The van der Waals surface area contributed by atoms with Gasteiger partial charge in [0.1, 0.15) is 51.1 Å². The molecule has 0 aromatic carbocycles. The van der Waals surface area contributed by atoms with Gasteiger partial charge in [-0.25, -0.2) is 29.9 Å². The van der Waals surface area contributed by atoms with E-state index in [1.807, 2.05) is 73.2 Å². The van der Waals surface area contributed by atoms with Crippen LogP contribution in [-0.4, -0.2) is 203 Å². The molecular weight excluding hydrogens is 1230 g/mol. The summed E-state index contributed by atoms with van der Waals surface area (Å²) in [5, 5.41) is 63.8. The number of ether oxygens (including phenoxy) is 3. The minimum Gasteiger partial charge on any atom is -0.388 e. The molecule has 0 saturated carbocycles. The fourth-order valence-corrected chi connectivity index (χ4v) is 12.1. The summed E-state index contributed by atoms with van der Waals surface area (Å²) in [6.45, 7) is 14.1. The van der Waals surface area contributed by atoms with Crippen molar-refractivity contribution in [3.63, 3.8) is 0 Å². The number of amides is 3. The highest BCUT2D eigenvalue weighted by Crippen LogP contribution is 2.36. The smallest absolute Gasteiger partial charge is 0.257 e. The zero-order valence-corrected chi connectivity index (χ0v) is 54.3. The van der Waals surface area contributed by atoms with Crippen molar-refractivity contribution in [1.82, 2.24) is 88.4 Å². The Hall–Kier alpha value is -10.5. The van der Waals surface area contributed by atoms with E-state index in [1.165, 1.54) is 18.6 Å². The molecule has 0 radical (unpaired) electrons. The number of rotatable bonds is 15. The normalized spacial score (nSPS) is 18.7. The third-order valence-corrected chi connectivity index (χ3v) is 17.3. The van der Waals surface area contributed by atoms with Crippen molar-refractivity contribution in [1.29, 1.82) is 0 Å². The van der Waals surface area contributed by atoms with E-state index in [-0.39, 0.29) is 75.5 Å². The maximum atomic E-state index is 13.0. The van der Waals surface area contributed by atoms with Crippen molar-refractivity contribution >= 4 is 85.2 Å². The van der Waals surface area contributed by atoms with E-state index in [4.69, 9.17) is 29.2 Å². The Balaban J connectivity index is 0.000000130. The van der Waals surface area contributed by atoms with Crippen molar-refractivity contribution in [3.05, 3.63) is 127 Å². The summed E-state index contributed by atoms with van der Waals surface area (Å²) in [4.78, 5) is 67.0. The average molecular weight is 1310 g/mol. The molecule has 6 atom stereocenters. The van der Waals surface area contributed by atoms with Crippen LogP contribution >= 0.6 is 0 Å². The highest BCUT2D eigenvalue weighted by Gasteiger charge is 2.33. The first kappa shape index (κ1) is 64.2. The van der Waals surface area contributed by atoms with E-state index in [1.54, 1.807) is 53.3 Å². The third kappa shape index (κ3) is 12.0. The monoisotopic (exact) mass is 1310 g/mol. The second kappa shape index (κ2) is 26.7. The number of fused-ring (bicyclic) bond motifs is 6. The predicted octanol–water partition coefficient (Wildman–Crippen LogP) is 5.57. The number of nitrogens with zero attached hydrogens (tertiary/aromatic N) is 15. The minimum absolute atomic E-state index is 0.208. The maximum Gasteiger partial charge on any atom is 0.257 e. The summed E-state index contributed by atoms with van der Waals surface area (Å²) < 4.78 is 26.8. The zero-order chi connectivity index (χ0) is 67.2. The fourth-order valence-electron chi connectivity index (χ4n) is 12.1. The lowest BCUT2D eigenvalue weighted by molar-refractivity contribution is 0.0882. The Kier molecular flexibility index (Phi) is 17.9. The Morgan fingerprint density at radius 1 is 0.438 bits per heavy atom. The quantitative estimate of drug-likeness (QED) is 0.0605. The van der Waals surface area contributed by atoms with Gasteiger partial charge in [-0.3, -0.25) is 14.4 Å². The van der Waals surface area contributed by atoms with E-state index in [0.29, 0.717) is 68.2 Å². The first-order valence-corrected chi connectivity index (χ1v) is 31.7. The second-order valence-electron chi connectivity index (χ2n) is 24.5. The Morgan fingerprint density at radius 2 is 0.719 bits per heavy atom.